The van der Waals surface area contributed by atoms with E-state index in [2.05, 4.69) is 15.5 Å². The Morgan fingerprint density at radius 1 is 1.37 bits per heavy atom. The zero-order valence-corrected chi connectivity index (χ0v) is 13.3. The molecule has 3 atom stereocenters. The van der Waals surface area contributed by atoms with E-state index in [0.717, 1.165) is 19.4 Å². The SMILES string of the molecule is CCC(C)C(C)(O)CNC(=O)NC(C)CCN(C)C. The van der Waals surface area contributed by atoms with Crippen LogP contribution in [0.25, 0.3) is 0 Å². The Morgan fingerprint density at radius 3 is 2.42 bits per heavy atom. The summed E-state index contributed by atoms with van der Waals surface area (Å²) in [6, 6.07) is -0.0919. The van der Waals surface area contributed by atoms with Crippen LogP contribution in [-0.2, 0) is 0 Å². The molecule has 3 unspecified atom stereocenters. The molecule has 114 valence electrons. The van der Waals surface area contributed by atoms with Crippen LogP contribution in [0.15, 0.2) is 0 Å². The third-order valence-corrected chi connectivity index (χ3v) is 3.67. The van der Waals surface area contributed by atoms with Crippen LogP contribution in [0.5, 0.6) is 0 Å². The number of urea groups is 1. The van der Waals surface area contributed by atoms with E-state index < -0.39 is 5.60 Å². The lowest BCUT2D eigenvalue weighted by Crippen LogP contribution is -2.49. The van der Waals surface area contributed by atoms with Crippen molar-refractivity contribution in [2.75, 3.05) is 27.2 Å². The highest BCUT2D eigenvalue weighted by molar-refractivity contribution is 5.74. The minimum atomic E-state index is -0.862. The zero-order valence-electron chi connectivity index (χ0n) is 13.3. The van der Waals surface area contributed by atoms with Crippen LogP contribution in [0.3, 0.4) is 0 Å². The molecule has 0 aliphatic heterocycles. The molecule has 0 rings (SSSR count). The van der Waals surface area contributed by atoms with E-state index in [1.54, 1.807) is 6.92 Å². The lowest BCUT2D eigenvalue weighted by Gasteiger charge is -2.30. The number of rotatable bonds is 8. The van der Waals surface area contributed by atoms with E-state index >= 15 is 0 Å². The topological polar surface area (TPSA) is 64.6 Å². The van der Waals surface area contributed by atoms with Crippen molar-refractivity contribution in [1.29, 1.82) is 0 Å². The van der Waals surface area contributed by atoms with Crippen LogP contribution in [0.4, 0.5) is 4.79 Å². The van der Waals surface area contributed by atoms with Gasteiger partial charge in [0.1, 0.15) is 0 Å². The van der Waals surface area contributed by atoms with Gasteiger partial charge in [0.05, 0.1) is 5.60 Å². The molecule has 0 aromatic carbocycles. The Hall–Kier alpha value is -0.810. The maximum absolute atomic E-state index is 11.7. The van der Waals surface area contributed by atoms with Gasteiger partial charge in [-0.05, 0) is 46.8 Å². The first-order valence-electron chi connectivity index (χ1n) is 7.10. The number of aliphatic hydroxyl groups is 1. The molecule has 0 aliphatic carbocycles. The van der Waals surface area contributed by atoms with Gasteiger partial charge in [0.15, 0.2) is 0 Å². The van der Waals surface area contributed by atoms with Crippen molar-refractivity contribution in [2.24, 2.45) is 5.92 Å². The average molecular weight is 273 g/mol. The summed E-state index contributed by atoms with van der Waals surface area (Å²) in [5, 5.41) is 15.8. The third kappa shape index (κ3) is 8.06. The van der Waals surface area contributed by atoms with Gasteiger partial charge in [0, 0.05) is 12.6 Å². The molecular formula is C14H31N3O2. The Morgan fingerprint density at radius 2 is 1.95 bits per heavy atom. The molecule has 3 N–H and O–H groups in total. The highest BCUT2D eigenvalue weighted by atomic mass is 16.3. The second kappa shape index (κ2) is 8.38. The van der Waals surface area contributed by atoms with Gasteiger partial charge >= 0.3 is 6.03 Å². The molecule has 0 aromatic heterocycles. The molecule has 0 saturated carbocycles. The van der Waals surface area contributed by atoms with Crippen LogP contribution in [-0.4, -0.2) is 54.9 Å². The second-order valence-corrected chi connectivity index (χ2v) is 5.99. The fourth-order valence-electron chi connectivity index (χ4n) is 1.67. The predicted molar refractivity (Wildman–Crippen MR) is 79.2 cm³/mol. The minimum Gasteiger partial charge on any atom is -0.388 e. The lowest BCUT2D eigenvalue weighted by atomic mass is 9.89. The monoisotopic (exact) mass is 273 g/mol. The molecule has 0 radical (unpaired) electrons. The van der Waals surface area contributed by atoms with Gasteiger partial charge < -0.3 is 20.6 Å². The molecule has 0 aromatic rings. The Balaban J connectivity index is 3.98. The van der Waals surface area contributed by atoms with Crippen LogP contribution >= 0.6 is 0 Å². The van der Waals surface area contributed by atoms with Gasteiger partial charge in [-0.1, -0.05) is 20.3 Å². The van der Waals surface area contributed by atoms with Crippen LogP contribution in [0.2, 0.25) is 0 Å². The van der Waals surface area contributed by atoms with Crippen LogP contribution in [0, 0.1) is 5.92 Å². The van der Waals surface area contributed by atoms with E-state index in [9.17, 15) is 9.90 Å². The summed E-state index contributed by atoms with van der Waals surface area (Å²) >= 11 is 0. The molecule has 0 heterocycles. The summed E-state index contributed by atoms with van der Waals surface area (Å²) in [4.78, 5) is 13.8. The molecular weight excluding hydrogens is 242 g/mol. The van der Waals surface area contributed by atoms with Crippen molar-refractivity contribution in [1.82, 2.24) is 15.5 Å². The minimum absolute atomic E-state index is 0.121. The van der Waals surface area contributed by atoms with Crippen molar-refractivity contribution in [2.45, 2.75) is 52.2 Å². The van der Waals surface area contributed by atoms with Gasteiger partial charge in [-0.15, -0.1) is 0 Å². The van der Waals surface area contributed by atoms with Gasteiger partial charge in [0.2, 0.25) is 0 Å². The van der Waals surface area contributed by atoms with Gasteiger partial charge in [0.25, 0.3) is 0 Å². The summed E-state index contributed by atoms with van der Waals surface area (Å²) in [7, 11) is 4.02. The number of amides is 2. The smallest absolute Gasteiger partial charge is 0.315 e. The summed E-state index contributed by atoms with van der Waals surface area (Å²) in [5.74, 6) is 0.152. The summed E-state index contributed by atoms with van der Waals surface area (Å²) < 4.78 is 0. The van der Waals surface area contributed by atoms with E-state index in [-0.39, 0.29) is 24.5 Å². The van der Waals surface area contributed by atoms with Gasteiger partial charge in [-0.25, -0.2) is 4.79 Å². The molecule has 2 amide bonds. The average Bonchev–Trinajstić information content (AvgIpc) is 2.33. The normalized spacial score (nSPS) is 17.7. The first kappa shape index (κ1) is 18.2. The number of hydrogen-bond donors (Lipinski definition) is 3. The number of nitrogens with one attached hydrogen (secondary N) is 2. The molecule has 19 heavy (non-hydrogen) atoms. The molecule has 0 spiro atoms. The molecule has 5 nitrogen and oxygen atoms in total. The van der Waals surface area contributed by atoms with Crippen molar-refractivity contribution >= 4 is 6.03 Å². The summed E-state index contributed by atoms with van der Waals surface area (Å²) in [5.41, 5.74) is -0.862. The first-order valence-corrected chi connectivity index (χ1v) is 7.10. The highest BCUT2D eigenvalue weighted by Gasteiger charge is 2.27. The largest absolute Gasteiger partial charge is 0.388 e. The number of nitrogens with zero attached hydrogens (tertiary/aromatic N) is 1. The molecule has 0 aliphatic rings. The number of carbonyl (C=O) groups is 1. The second-order valence-electron chi connectivity index (χ2n) is 5.99. The summed E-state index contributed by atoms with van der Waals surface area (Å²) in [6.45, 7) is 8.97. The van der Waals surface area contributed by atoms with Crippen molar-refractivity contribution in [3.63, 3.8) is 0 Å². The van der Waals surface area contributed by atoms with Gasteiger partial charge in [-0.3, -0.25) is 0 Å². The molecule has 5 heteroatoms. The third-order valence-electron chi connectivity index (χ3n) is 3.67. The molecule has 0 fully saturated rings. The van der Waals surface area contributed by atoms with Crippen LogP contribution in [0.1, 0.15) is 40.5 Å². The van der Waals surface area contributed by atoms with E-state index in [4.69, 9.17) is 0 Å². The molecule has 0 saturated heterocycles. The fraction of sp³-hybridized carbons (Fsp3) is 0.929. The fourth-order valence-corrected chi connectivity index (χ4v) is 1.67. The first-order chi connectivity index (χ1) is 8.69. The highest BCUT2D eigenvalue weighted by Crippen LogP contribution is 2.18. The Labute approximate surface area is 117 Å². The Bertz CT molecular complexity index is 267. The molecule has 0 bridgehead atoms. The summed E-state index contributed by atoms with van der Waals surface area (Å²) in [6.07, 6.45) is 1.79. The predicted octanol–water partition coefficient (Wildman–Crippen LogP) is 1.42. The van der Waals surface area contributed by atoms with E-state index in [0.29, 0.717) is 0 Å². The Kier molecular flexibility index (Phi) is 8.02. The number of hydrogen-bond acceptors (Lipinski definition) is 3. The standard InChI is InChI=1S/C14H31N3O2/c1-7-11(2)14(4,19)10-15-13(18)16-12(3)8-9-17(5)6/h11-12,19H,7-10H2,1-6H3,(H2,15,16,18). The lowest BCUT2D eigenvalue weighted by molar-refractivity contribution is 0.00784. The van der Waals surface area contributed by atoms with Crippen LogP contribution < -0.4 is 10.6 Å². The van der Waals surface area contributed by atoms with Crippen molar-refractivity contribution in [3.8, 4) is 0 Å². The maximum atomic E-state index is 11.7. The quantitative estimate of drug-likeness (QED) is 0.627. The van der Waals surface area contributed by atoms with Gasteiger partial charge in [-0.2, -0.15) is 0 Å². The zero-order chi connectivity index (χ0) is 15.1. The van der Waals surface area contributed by atoms with Crippen molar-refractivity contribution < 1.29 is 9.90 Å². The van der Waals surface area contributed by atoms with Crippen molar-refractivity contribution in [3.05, 3.63) is 0 Å². The number of carbonyl (C=O) groups excluding carboxylic acids is 1. The van der Waals surface area contributed by atoms with E-state index in [1.165, 1.54) is 0 Å². The van der Waals surface area contributed by atoms with E-state index in [1.807, 2.05) is 34.9 Å². The maximum Gasteiger partial charge on any atom is 0.315 e.